The third-order valence-electron chi connectivity index (χ3n) is 1.50. The van der Waals surface area contributed by atoms with Crippen LogP contribution in [0.25, 0.3) is 0 Å². The molecule has 3 heteroatoms. The Balaban J connectivity index is 2.85. The molecule has 58 valence electrons. The molecule has 0 fully saturated rings. The third kappa shape index (κ3) is 1.85. The second-order valence-electron chi connectivity index (χ2n) is 2.50. The van der Waals surface area contributed by atoms with Crippen LogP contribution in [0.1, 0.15) is 18.5 Å². The summed E-state index contributed by atoms with van der Waals surface area (Å²) in [5.74, 6) is 0. The molecule has 0 amide bonds. The summed E-state index contributed by atoms with van der Waals surface area (Å²) in [5, 5.41) is 7.37. The van der Waals surface area contributed by atoms with E-state index in [2.05, 4.69) is 16.8 Å². The molecule has 0 saturated carbocycles. The van der Waals surface area contributed by atoms with Crippen molar-refractivity contribution in [2.24, 2.45) is 5.73 Å². The predicted octanol–water partition coefficient (Wildman–Crippen LogP) is 1.05. The van der Waals surface area contributed by atoms with Gasteiger partial charge in [-0.15, -0.1) is 0 Å². The molecule has 1 aromatic heterocycles. The fourth-order valence-electron chi connectivity index (χ4n) is 0.769. The molecule has 11 heavy (non-hydrogen) atoms. The first-order chi connectivity index (χ1) is 5.22. The van der Waals surface area contributed by atoms with E-state index < -0.39 is 0 Å². The van der Waals surface area contributed by atoms with Gasteiger partial charge in [0.2, 0.25) is 0 Å². The SMILES string of the molecule is C=C(C)C(N)c1ccnnc1. The maximum Gasteiger partial charge on any atom is 0.0547 e. The highest BCUT2D eigenvalue weighted by molar-refractivity contribution is 5.20. The Bertz CT molecular complexity index is 243. The van der Waals surface area contributed by atoms with Gasteiger partial charge in [0, 0.05) is 6.20 Å². The van der Waals surface area contributed by atoms with Crippen LogP contribution in [0.5, 0.6) is 0 Å². The van der Waals surface area contributed by atoms with Gasteiger partial charge in [-0.2, -0.15) is 10.2 Å². The lowest BCUT2D eigenvalue weighted by Crippen LogP contribution is -2.11. The maximum absolute atomic E-state index is 5.77. The van der Waals surface area contributed by atoms with E-state index in [0.717, 1.165) is 11.1 Å². The molecular weight excluding hydrogens is 138 g/mol. The molecule has 2 N–H and O–H groups in total. The standard InChI is InChI=1S/C8H11N3/c1-6(2)8(9)7-3-4-10-11-5-7/h3-5,8H,1,9H2,2H3. The molecule has 0 aliphatic rings. The fraction of sp³-hybridized carbons (Fsp3) is 0.250. The van der Waals surface area contributed by atoms with Crippen molar-refractivity contribution in [1.82, 2.24) is 10.2 Å². The van der Waals surface area contributed by atoms with Crippen LogP contribution < -0.4 is 5.73 Å². The summed E-state index contributed by atoms with van der Waals surface area (Å²) in [7, 11) is 0. The first-order valence-electron chi connectivity index (χ1n) is 3.39. The zero-order chi connectivity index (χ0) is 8.27. The summed E-state index contributed by atoms with van der Waals surface area (Å²) in [6.45, 7) is 5.65. The normalized spacial score (nSPS) is 12.5. The lowest BCUT2D eigenvalue weighted by Gasteiger charge is -2.09. The molecule has 1 unspecified atom stereocenters. The molecule has 0 aromatic carbocycles. The van der Waals surface area contributed by atoms with Crippen molar-refractivity contribution in [2.45, 2.75) is 13.0 Å². The zero-order valence-electron chi connectivity index (χ0n) is 6.49. The third-order valence-corrected chi connectivity index (χ3v) is 1.50. The quantitative estimate of drug-likeness (QED) is 0.639. The van der Waals surface area contributed by atoms with Gasteiger partial charge in [0.1, 0.15) is 0 Å². The minimum absolute atomic E-state index is 0.120. The Morgan fingerprint density at radius 1 is 1.64 bits per heavy atom. The highest BCUT2D eigenvalue weighted by Crippen LogP contribution is 2.14. The number of rotatable bonds is 2. The van der Waals surface area contributed by atoms with Gasteiger partial charge in [-0.05, 0) is 18.6 Å². The van der Waals surface area contributed by atoms with Gasteiger partial charge in [-0.3, -0.25) is 0 Å². The van der Waals surface area contributed by atoms with Crippen LogP contribution in [0.4, 0.5) is 0 Å². The van der Waals surface area contributed by atoms with E-state index in [-0.39, 0.29) is 6.04 Å². The minimum atomic E-state index is -0.120. The van der Waals surface area contributed by atoms with Crippen LogP contribution >= 0.6 is 0 Å². The Morgan fingerprint density at radius 2 is 2.36 bits per heavy atom. The summed E-state index contributed by atoms with van der Waals surface area (Å²) >= 11 is 0. The highest BCUT2D eigenvalue weighted by Gasteiger charge is 2.04. The van der Waals surface area contributed by atoms with Gasteiger partial charge in [0.15, 0.2) is 0 Å². The summed E-state index contributed by atoms with van der Waals surface area (Å²) in [5.41, 5.74) is 7.65. The second kappa shape index (κ2) is 3.25. The number of aromatic nitrogens is 2. The topological polar surface area (TPSA) is 51.8 Å². The van der Waals surface area contributed by atoms with Gasteiger partial charge in [-0.25, -0.2) is 0 Å². The van der Waals surface area contributed by atoms with Crippen LogP contribution in [0, 0.1) is 0 Å². The lowest BCUT2D eigenvalue weighted by atomic mass is 10.1. The van der Waals surface area contributed by atoms with Gasteiger partial charge in [0.05, 0.1) is 12.2 Å². The van der Waals surface area contributed by atoms with Crippen LogP contribution in [0.3, 0.4) is 0 Å². The van der Waals surface area contributed by atoms with Crippen molar-refractivity contribution in [3.8, 4) is 0 Å². The Hall–Kier alpha value is -1.22. The second-order valence-corrected chi connectivity index (χ2v) is 2.50. The first kappa shape index (κ1) is 7.88. The fourth-order valence-corrected chi connectivity index (χ4v) is 0.769. The zero-order valence-corrected chi connectivity index (χ0v) is 6.49. The summed E-state index contributed by atoms with van der Waals surface area (Å²) in [4.78, 5) is 0. The molecule has 0 saturated heterocycles. The number of hydrogen-bond acceptors (Lipinski definition) is 3. The molecule has 1 heterocycles. The molecular formula is C8H11N3. The molecule has 3 nitrogen and oxygen atoms in total. The average Bonchev–Trinajstić information content (AvgIpc) is 2.05. The van der Waals surface area contributed by atoms with Gasteiger partial charge < -0.3 is 5.73 Å². The largest absolute Gasteiger partial charge is 0.321 e. The molecule has 1 aromatic rings. The summed E-state index contributed by atoms with van der Waals surface area (Å²) in [6.07, 6.45) is 3.28. The summed E-state index contributed by atoms with van der Waals surface area (Å²) in [6, 6.07) is 1.72. The number of nitrogens with zero attached hydrogens (tertiary/aromatic N) is 2. The Morgan fingerprint density at radius 3 is 2.82 bits per heavy atom. The summed E-state index contributed by atoms with van der Waals surface area (Å²) < 4.78 is 0. The van der Waals surface area contributed by atoms with Crippen molar-refractivity contribution in [3.05, 3.63) is 36.2 Å². The van der Waals surface area contributed by atoms with Crippen molar-refractivity contribution in [2.75, 3.05) is 0 Å². The van der Waals surface area contributed by atoms with E-state index in [9.17, 15) is 0 Å². The van der Waals surface area contributed by atoms with Crippen molar-refractivity contribution in [3.63, 3.8) is 0 Å². The molecule has 0 radical (unpaired) electrons. The van der Waals surface area contributed by atoms with Crippen LogP contribution in [0.15, 0.2) is 30.6 Å². The molecule has 0 bridgehead atoms. The molecule has 1 rings (SSSR count). The van der Waals surface area contributed by atoms with Crippen molar-refractivity contribution in [1.29, 1.82) is 0 Å². The lowest BCUT2D eigenvalue weighted by molar-refractivity contribution is 0.829. The van der Waals surface area contributed by atoms with E-state index in [4.69, 9.17) is 5.73 Å². The van der Waals surface area contributed by atoms with E-state index in [1.54, 1.807) is 12.4 Å². The minimum Gasteiger partial charge on any atom is -0.321 e. The number of hydrogen-bond donors (Lipinski definition) is 1. The predicted molar refractivity (Wildman–Crippen MR) is 43.8 cm³/mol. The van der Waals surface area contributed by atoms with Crippen molar-refractivity contribution >= 4 is 0 Å². The van der Waals surface area contributed by atoms with Gasteiger partial charge in [-0.1, -0.05) is 12.2 Å². The van der Waals surface area contributed by atoms with Crippen LogP contribution in [0.2, 0.25) is 0 Å². The Kier molecular flexibility index (Phi) is 2.33. The molecule has 0 aliphatic heterocycles. The van der Waals surface area contributed by atoms with E-state index in [0.29, 0.717) is 0 Å². The van der Waals surface area contributed by atoms with Crippen LogP contribution in [-0.4, -0.2) is 10.2 Å². The van der Waals surface area contributed by atoms with Gasteiger partial charge >= 0.3 is 0 Å². The molecule has 0 aliphatic carbocycles. The maximum atomic E-state index is 5.77. The van der Waals surface area contributed by atoms with Gasteiger partial charge in [0.25, 0.3) is 0 Å². The average molecular weight is 149 g/mol. The van der Waals surface area contributed by atoms with E-state index in [1.807, 2.05) is 13.0 Å². The smallest absolute Gasteiger partial charge is 0.0547 e. The monoisotopic (exact) mass is 149 g/mol. The highest BCUT2D eigenvalue weighted by atomic mass is 15.1. The van der Waals surface area contributed by atoms with E-state index >= 15 is 0 Å². The Labute approximate surface area is 65.9 Å². The molecule has 0 spiro atoms. The van der Waals surface area contributed by atoms with E-state index in [1.165, 1.54) is 0 Å². The van der Waals surface area contributed by atoms with Crippen LogP contribution in [-0.2, 0) is 0 Å². The molecule has 1 atom stereocenters. The first-order valence-corrected chi connectivity index (χ1v) is 3.39. The van der Waals surface area contributed by atoms with Crippen molar-refractivity contribution < 1.29 is 0 Å². The number of nitrogens with two attached hydrogens (primary N) is 1.